The summed E-state index contributed by atoms with van der Waals surface area (Å²) in [6.45, 7) is 4.38. The van der Waals surface area contributed by atoms with E-state index in [4.69, 9.17) is 4.74 Å². The molecular weight excluding hydrogens is 342 g/mol. The summed E-state index contributed by atoms with van der Waals surface area (Å²) in [5, 5.41) is 2.80. The van der Waals surface area contributed by atoms with Gasteiger partial charge in [-0.3, -0.25) is 4.79 Å². The van der Waals surface area contributed by atoms with Crippen LogP contribution in [0.5, 0.6) is 5.75 Å². The van der Waals surface area contributed by atoms with Crippen LogP contribution in [0.3, 0.4) is 0 Å². The van der Waals surface area contributed by atoms with Crippen LogP contribution in [0.15, 0.2) is 67.3 Å². The standard InChI is InChI=1S/C22H23NO2S/c1-2-10-20-13-6-7-14-21(20)25-16-9-8-15-23-22(24)18-26-17-19-11-4-3-5-12-19/h2-7,11-14H,1,10,15-18H2,(H,23,24). The summed E-state index contributed by atoms with van der Waals surface area (Å²) in [6, 6.07) is 18.0. The number of ether oxygens (including phenoxy) is 1. The van der Waals surface area contributed by atoms with Crippen LogP contribution in [0, 0.1) is 11.8 Å². The molecule has 3 nitrogen and oxygen atoms in total. The van der Waals surface area contributed by atoms with Crippen molar-refractivity contribution >= 4 is 17.7 Å². The molecule has 0 aromatic heterocycles. The van der Waals surface area contributed by atoms with Gasteiger partial charge < -0.3 is 10.1 Å². The van der Waals surface area contributed by atoms with Crippen LogP contribution in [0.25, 0.3) is 0 Å². The number of para-hydroxylation sites is 1. The fraction of sp³-hybridized carbons (Fsp3) is 0.227. The maximum absolute atomic E-state index is 11.8. The molecule has 0 aliphatic heterocycles. The molecule has 0 bridgehead atoms. The summed E-state index contributed by atoms with van der Waals surface area (Å²) >= 11 is 1.59. The minimum atomic E-state index is -0.00234. The van der Waals surface area contributed by atoms with E-state index >= 15 is 0 Å². The predicted molar refractivity (Wildman–Crippen MR) is 109 cm³/mol. The highest BCUT2D eigenvalue weighted by molar-refractivity contribution is 7.99. The highest BCUT2D eigenvalue weighted by Crippen LogP contribution is 2.18. The van der Waals surface area contributed by atoms with Crippen molar-refractivity contribution in [3.05, 3.63) is 78.4 Å². The zero-order valence-electron chi connectivity index (χ0n) is 14.7. The van der Waals surface area contributed by atoms with E-state index in [-0.39, 0.29) is 5.91 Å². The Morgan fingerprint density at radius 2 is 1.88 bits per heavy atom. The molecule has 0 saturated carbocycles. The third kappa shape index (κ3) is 7.50. The summed E-state index contributed by atoms with van der Waals surface area (Å²) in [5.74, 6) is 7.91. The lowest BCUT2D eigenvalue weighted by Gasteiger charge is -2.07. The second kappa shape index (κ2) is 11.8. The van der Waals surface area contributed by atoms with Gasteiger partial charge in [0.1, 0.15) is 12.4 Å². The van der Waals surface area contributed by atoms with Crippen LogP contribution in [-0.2, 0) is 17.0 Å². The maximum Gasteiger partial charge on any atom is 0.230 e. The third-order valence-corrected chi connectivity index (χ3v) is 4.48. The van der Waals surface area contributed by atoms with Gasteiger partial charge in [-0.05, 0) is 23.6 Å². The van der Waals surface area contributed by atoms with Crippen molar-refractivity contribution in [1.29, 1.82) is 0 Å². The summed E-state index contributed by atoms with van der Waals surface area (Å²) in [7, 11) is 0. The lowest BCUT2D eigenvalue weighted by molar-refractivity contribution is -0.118. The monoisotopic (exact) mass is 365 g/mol. The molecule has 1 N–H and O–H groups in total. The number of allylic oxidation sites excluding steroid dienone is 1. The molecule has 2 aromatic carbocycles. The summed E-state index contributed by atoms with van der Waals surface area (Å²) in [5.41, 5.74) is 2.31. The molecule has 2 rings (SSSR count). The van der Waals surface area contributed by atoms with Crippen LogP contribution >= 0.6 is 11.8 Å². The van der Waals surface area contributed by atoms with Crippen LogP contribution in [-0.4, -0.2) is 24.8 Å². The predicted octanol–water partition coefficient (Wildman–Crippen LogP) is 3.85. The van der Waals surface area contributed by atoms with Gasteiger partial charge in [0.2, 0.25) is 5.91 Å². The summed E-state index contributed by atoms with van der Waals surface area (Å²) in [6.07, 6.45) is 2.61. The third-order valence-electron chi connectivity index (χ3n) is 3.48. The van der Waals surface area contributed by atoms with Gasteiger partial charge in [0, 0.05) is 5.75 Å². The lowest BCUT2D eigenvalue weighted by atomic mass is 10.1. The van der Waals surface area contributed by atoms with E-state index in [1.54, 1.807) is 11.8 Å². The molecule has 0 atom stereocenters. The van der Waals surface area contributed by atoms with Crippen molar-refractivity contribution in [3.8, 4) is 17.6 Å². The summed E-state index contributed by atoms with van der Waals surface area (Å²) in [4.78, 5) is 11.8. The first-order chi connectivity index (χ1) is 12.8. The zero-order chi connectivity index (χ0) is 18.5. The van der Waals surface area contributed by atoms with Gasteiger partial charge in [-0.1, -0.05) is 66.4 Å². The molecule has 2 aromatic rings. The molecular formula is C22H23NO2S. The number of carbonyl (C=O) groups excluding carboxylic acids is 1. The summed E-state index contributed by atoms with van der Waals surface area (Å²) < 4.78 is 5.67. The van der Waals surface area contributed by atoms with E-state index in [1.165, 1.54) is 5.56 Å². The van der Waals surface area contributed by atoms with Gasteiger partial charge in [-0.15, -0.1) is 18.3 Å². The normalized spacial score (nSPS) is 9.69. The molecule has 0 radical (unpaired) electrons. The van der Waals surface area contributed by atoms with Crippen molar-refractivity contribution in [2.45, 2.75) is 12.2 Å². The number of nitrogens with one attached hydrogen (secondary N) is 1. The molecule has 26 heavy (non-hydrogen) atoms. The average molecular weight is 365 g/mol. The number of amides is 1. The lowest BCUT2D eigenvalue weighted by Crippen LogP contribution is -2.25. The Bertz CT molecular complexity index is 762. The Kier molecular flexibility index (Phi) is 8.96. The van der Waals surface area contributed by atoms with Gasteiger partial charge in [0.05, 0.1) is 12.3 Å². The van der Waals surface area contributed by atoms with E-state index in [0.717, 1.165) is 23.5 Å². The molecule has 0 unspecified atom stereocenters. The van der Waals surface area contributed by atoms with Gasteiger partial charge >= 0.3 is 0 Å². The minimum Gasteiger partial charge on any atom is -0.481 e. The zero-order valence-corrected chi connectivity index (χ0v) is 15.6. The highest BCUT2D eigenvalue weighted by Gasteiger charge is 2.01. The van der Waals surface area contributed by atoms with E-state index in [1.807, 2.05) is 48.5 Å². The number of carbonyl (C=O) groups is 1. The largest absolute Gasteiger partial charge is 0.481 e. The van der Waals surface area contributed by atoms with Crippen molar-refractivity contribution in [2.75, 3.05) is 18.9 Å². The van der Waals surface area contributed by atoms with Gasteiger partial charge in [-0.25, -0.2) is 0 Å². The number of thioether (sulfide) groups is 1. The van der Waals surface area contributed by atoms with Gasteiger partial charge in [-0.2, -0.15) is 0 Å². The first-order valence-electron chi connectivity index (χ1n) is 8.45. The van der Waals surface area contributed by atoms with Gasteiger partial charge in [0.25, 0.3) is 0 Å². The van der Waals surface area contributed by atoms with E-state index in [0.29, 0.717) is 18.9 Å². The average Bonchev–Trinajstić information content (AvgIpc) is 2.67. The Labute approximate surface area is 159 Å². The minimum absolute atomic E-state index is 0.00234. The molecule has 4 heteroatoms. The van der Waals surface area contributed by atoms with Crippen LogP contribution < -0.4 is 10.1 Å². The van der Waals surface area contributed by atoms with Crippen LogP contribution in [0.2, 0.25) is 0 Å². The Balaban J connectivity index is 1.61. The Morgan fingerprint density at radius 3 is 2.69 bits per heavy atom. The smallest absolute Gasteiger partial charge is 0.230 e. The van der Waals surface area contributed by atoms with E-state index < -0.39 is 0 Å². The van der Waals surface area contributed by atoms with Crippen LogP contribution in [0.1, 0.15) is 11.1 Å². The number of hydrogen-bond donors (Lipinski definition) is 1. The first kappa shape index (κ1) is 19.7. The quantitative estimate of drug-likeness (QED) is 0.542. The Hall–Kier alpha value is -2.64. The maximum atomic E-state index is 11.8. The highest BCUT2D eigenvalue weighted by atomic mass is 32.2. The molecule has 0 fully saturated rings. The SMILES string of the molecule is C=CCc1ccccc1OCC#CCNC(=O)CSCc1ccccc1. The Morgan fingerprint density at radius 1 is 1.12 bits per heavy atom. The molecule has 0 spiro atoms. The molecule has 1 amide bonds. The van der Waals surface area contributed by atoms with Crippen molar-refractivity contribution in [2.24, 2.45) is 0 Å². The fourth-order valence-corrected chi connectivity index (χ4v) is 3.04. The number of hydrogen-bond acceptors (Lipinski definition) is 3. The number of rotatable bonds is 9. The molecule has 0 aliphatic rings. The topological polar surface area (TPSA) is 38.3 Å². The van der Waals surface area contributed by atoms with E-state index in [9.17, 15) is 4.79 Å². The van der Waals surface area contributed by atoms with Gasteiger partial charge in [0.15, 0.2) is 0 Å². The van der Waals surface area contributed by atoms with E-state index in [2.05, 4.69) is 35.9 Å². The second-order valence-electron chi connectivity index (χ2n) is 5.50. The van der Waals surface area contributed by atoms with Crippen molar-refractivity contribution in [3.63, 3.8) is 0 Å². The fourth-order valence-electron chi connectivity index (χ4n) is 2.23. The van der Waals surface area contributed by atoms with Crippen molar-refractivity contribution in [1.82, 2.24) is 5.32 Å². The van der Waals surface area contributed by atoms with Crippen LogP contribution in [0.4, 0.5) is 0 Å². The van der Waals surface area contributed by atoms with Crippen molar-refractivity contribution < 1.29 is 9.53 Å². The first-order valence-corrected chi connectivity index (χ1v) is 9.60. The molecule has 0 aliphatic carbocycles. The molecule has 0 saturated heterocycles. The second-order valence-corrected chi connectivity index (χ2v) is 6.48. The number of benzene rings is 2. The molecule has 134 valence electrons. The molecule has 0 heterocycles.